The van der Waals surface area contributed by atoms with Gasteiger partial charge in [0.1, 0.15) is 11.6 Å². The molecule has 0 fully saturated rings. The molecule has 0 atom stereocenters. The molecule has 4 nitrogen and oxygen atoms in total. The molecule has 2 aromatic rings. The minimum atomic E-state index is -0.305. The van der Waals surface area contributed by atoms with Gasteiger partial charge in [0.15, 0.2) is 0 Å². The molecule has 0 aliphatic heterocycles. The molecule has 1 amide bonds. The lowest BCUT2D eigenvalue weighted by molar-refractivity contribution is 0.102. The summed E-state index contributed by atoms with van der Waals surface area (Å²) in [6.07, 6.45) is 0. The maximum absolute atomic E-state index is 12.0. The third-order valence-corrected chi connectivity index (χ3v) is 3.22. The normalized spacial score (nSPS) is 10.3. The Kier molecular flexibility index (Phi) is 3.85. The highest BCUT2D eigenvalue weighted by molar-refractivity contribution is 9.10. The average Bonchev–Trinajstić information content (AvgIpc) is 2.31. The van der Waals surface area contributed by atoms with E-state index >= 15 is 0 Å². The van der Waals surface area contributed by atoms with Crippen molar-refractivity contribution in [3.05, 3.63) is 51.6 Å². The molecule has 1 heterocycles. The van der Waals surface area contributed by atoms with Crippen molar-refractivity contribution in [1.29, 1.82) is 0 Å². The zero-order valence-electron chi connectivity index (χ0n) is 10.6. The van der Waals surface area contributed by atoms with Crippen LogP contribution < -0.4 is 5.32 Å². The van der Waals surface area contributed by atoms with Crippen molar-refractivity contribution in [3.63, 3.8) is 0 Å². The third kappa shape index (κ3) is 3.32. The molecule has 0 saturated heterocycles. The number of aromatic hydroxyl groups is 1. The zero-order valence-corrected chi connectivity index (χ0v) is 12.2. The number of carbonyl (C=O) groups excluding carboxylic acids is 1. The van der Waals surface area contributed by atoms with Crippen molar-refractivity contribution in [2.24, 2.45) is 0 Å². The summed E-state index contributed by atoms with van der Waals surface area (Å²) in [5.74, 6) is 0.228. The van der Waals surface area contributed by atoms with Gasteiger partial charge in [-0.05, 0) is 65.7 Å². The van der Waals surface area contributed by atoms with E-state index in [2.05, 4.69) is 26.2 Å². The standard InChI is InChI=1S/C14H13BrN2O2/c1-8-5-9(2)16-13(6-8)17-14(19)10-3-4-11(15)12(18)7-10/h3-7,18H,1-2H3,(H,16,17,19). The number of phenolic OH excluding ortho intramolecular Hbond substituents is 1. The van der Waals surface area contributed by atoms with Gasteiger partial charge in [0.25, 0.3) is 5.91 Å². The Labute approximate surface area is 119 Å². The van der Waals surface area contributed by atoms with Gasteiger partial charge >= 0.3 is 0 Å². The number of phenols is 1. The molecule has 19 heavy (non-hydrogen) atoms. The van der Waals surface area contributed by atoms with Gasteiger partial charge in [-0.3, -0.25) is 4.79 Å². The minimum absolute atomic E-state index is 0.0287. The van der Waals surface area contributed by atoms with E-state index < -0.39 is 0 Å². The Morgan fingerprint density at radius 3 is 2.63 bits per heavy atom. The predicted octanol–water partition coefficient (Wildman–Crippen LogP) is 3.42. The molecule has 5 heteroatoms. The van der Waals surface area contributed by atoms with Crippen molar-refractivity contribution in [2.45, 2.75) is 13.8 Å². The van der Waals surface area contributed by atoms with Gasteiger partial charge in [0, 0.05) is 11.3 Å². The summed E-state index contributed by atoms with van der Waals surface area (Å²) in [6, 6.07) is 8.38. The minimum Gasteiger partial charge on any atom is -0.507 e. The summed E-state index contributed by atoms with van der Waals surface area (Å²) < 4.78 is 0.550. The monoisotopic (exact) mass is 320 g/mol. The number of aryl methyl sites for hydroxylation is 2. The Morgan fingerprint density at radius 2 is 2.00 bits per heavy atom. The van der Waals surface area contributed by atoms with Crippen LogP contribution in [0.5, 0.6) is 5.75 Å². The number of amides is 1. The second-order valence-corrected chi connectivity index (χ2v) is 5.15. The number of hydrogen-bond acceptors (Lipinski definition) is 3. The van der Waals surface area contributed by atoms with Gasteiger partial charge < -0.3 is 10.4 Å². The summed E-state index contributed by atoms with van der Waals surface area (Å²) in [5.41, 5.74) is 2.25. The SMILES string of the molecule is Cc1cc(C)nc(NC(=O)c2ccc(Br)c(O)c2)c1. The topological polar surface area (TPSA) is 62.2 Å². The fourth-order valence-electron chi connectivity index (χ4n) is 1.75. The molecule has 0 bridgehead atoms. The van der Waals surface area contributed by atoms with Gasteiger partial charge in [0.05, 0.1) is 4.47 Å². The summed E-state index contributed by atoms with van der Waals surface area (Å²) in [7, 11) is 0. The predicted molar refractivity (Wildman–Crippen MR) is 77.5 cm³/mol. The molecular formula is C14H13BrN2O2. The first-order valence-corrected chi connectivity index (χ1v) is 6.50. The van der Waals surface area contributed by atoms with E-state index in [4.69, 9.17) is 0 Å². The molecule has 2 rings (SSSR count). The van der Waals surface area contributed by atoms with Crippen molar-refractivity contribution >= 4 is 27.7 Å². The quantitative estimate of drug-likeness (QED) is 0.891. The van der Waals surface area contributed by atoms with Gasteiger partial charge in [-0.2, -0.15) is 0 Å². The molecule has 0 unspecified atom stereocenters. The highest BCUT2D eigenvalue weighted by Gasteiger charge is 2.09. The molecule has 98 valence electrons. The first kappa shape index (κ1) is 13.5. The molecule has 1 aromatic heterocycles. The molecule has 1 aromatic carbocycles. The number of nitrogens with one attached hydrogen (secondary N) is 1. The molecule has 2 N–H and O–H groups in total. The number of carbonyl (C=O) groups is 1. The molecule has 0 aliphatic rings. The van der Waals surface area contributed by atoms with Crippen LogP contribution in [-0.2, 0) is 0 Å². The second kappa shape index (κ2) is 5.40. The van der Waals surface area contributed by atoms with Crippen LogP contribution >= 0.6 is 15.9 Å². The van der Waals surface area contributed by atoms with Crippen LogP contribution in [0.3, 0.4) is 0 Å². The Balaban J connectivity index is 2.22. The summed E-state index contributed by atoms with van der Waals surface area (Å²) >= 11 is 3.17. The van der Waals surface area contributed by atoms with E-state index in [0.717, 1.165) is 11.3 Å². The highest BCUT2D eigenvalue weighted by atomic mass is 79.9. The smallest absolute Gasteiger partial charge is 0.256 e. The number of nitrogens with zero attached hydrogens (tertiary/aromatic N) is 1. The van der Waals surface area contributed by atoms with Crippen LogP contribution in [0, 0.1) is 13.8 Å². The van der Waals surface area contributed by atoms with Crippen LogP contribution in [0.25, 0.3) is 0 Å². The van der Waals surface area contributed by atoms with Crippen LogP contribution in [0.15, 0.2) is 34.8 Å². The first-order chi connectivity index (χ1) is 8.95. The van der Waals surface area contributed by atoms with E-state index in [9.17, 15) is 9.90 Å². The van der Waals surface area contributed by atoms with Crippen molar-refractivity contribution < 1.29 is 9.90 Å². The van der Waals surface area contributed by atoms with E-state index in [0.29, 0.717) is 15.9 Å². The van der Waals surface area contributed by atoms with Crippen LogP contribution in [0.1, 0.15) is 21.6 Å². The van der Waals surface area contributed by atoms with E-state index in [1.165, 1.54) is 6.07 Å². The number of halogens is 1. The lowest BCUT2D eigenvalue weighted by Gasteiger charge is -2.07. The molecule has 0 saturated carbocycles. The number of pyridine rings is 1. The maximum atomic E-state index is 12.0. The summed E-state index contributed by atoms with van der Waals surface area (Å²) in [5, 5.41) is 12.3. The number of anilines is 1. The summed E-state index contributed by atoms with van der Waals surface area (Å²) in [4.78, 5) is 16.3. The van der Waals surface area contributed by atoms with Crippen molar-refractivity contribution in [1.82, 2.24) is 4.98 Å². The molecule has 0 radical (unpaired) electrons. The van der Waals surface area contributed by atoms with Gasteiger partial charge in [-0.25, -0.2) is 4.98 Å². The van der Waals surface area contributed by atoms with Crippen molar-refractivity contribution in [3.8, 4) is 5.75 Å². The second-order valence-electron chi connectivity index (χ2n) is 4.29. The van der Waals surface area contributed by atoms with Gasteiger partial charge in [-0.15, -0.1) is 0 Å². The largest absolute Gasteiger partial charge is 0.507 e. The number of rotatable bonds is 2. The third-order valence-electron chi connectivity index (χ3n) is 2.55. The molecule has 0 aliphatic carbocycles. The van der Waals surface area contributed by atoms with Crippen LogP contribution in [0.4, 0.5) is 5.82 Å². The van der Waals surface area contributed by atoms with Gasteiger partial charge in [-0.1, -0.05) is 0 Å². The Hall–Kier alpha value is -1.88. The van der Waals surface area contributed by atoms with E-state index in [-0.39, 0.29) is 11.7 Å². The number of hydrogen-bond donors (Lipinski definition) is 2. The summed E-state index contributed by atoms with van der Waals surface area (Å²) in [6.45, 7) is 3.81. The fourth-order valence-corrected chi connectivity index (χ4v) is 1.99. The Morgan fingerprint density at radius 1 is 1.26 bits per heavy atom. The average molecular weight is 321 g/mol. The van der Waals surface area contributed by atoms with E-state index in [1.807, 2.05) is 19.9 Å². The molecule has 0 spiro atoms. The number of benzene rings is 1. The lowest BCUT2D eigenvalue weighted by Crippen LogP contribution is -2.13. The fraction of sp³-hybridized carbons (Fsp3) is 0.143. The highest BCUT2D eigenvalue weighted by Crippen LogP contribution is 2.24. The molecular weight excluding hydrogens is 308 g/mol. The van der Waals surface area contributed by atoms with Crippen LogP contribution in [0.2, 0.25) is 0 Å². The number of aromatic nitrogens is 1. The van der Waals surface area contributed by atoms with E-state index in [1.54, 1.807) is 18.2 Å². The van der Waals surface area contributed by atoms with Gasteiger partial charge in [0.2, 0.25) is 0 Å². The lowest BCUT2D eigenvalue weighted by atomic mass is 10.2. The maximum Gasteiger partial charge on any atom is 0.256 e. The van der Waals surface area contributed by atoms with Crippen molar-refractivity contribution in [2.75, 3.05) is 5.32 Å². The first-order valence-electron chi connectivity index (χ1n) is 5.71. The zero-order chi connectivity index (χ0) is 14.0. The Bertz CT molecular complexity index is 621. The van der Waals surface area contributed by atoms with Crippen LogP contribution in [-0.4, -0.2) is 16.0 Å².